The van der Waals surface area contributed by atoms with Gasteiger partial charge in [0.15, 0.2) is 5.43 Å². The minimum Gasteiger partial charge on any atom is -0.464 e. The maximum absolute atomic E-state index is 11.6. The third-order valence-corrected chi connectivity index (χ3v) is 2.38. The lowest BCUT2D eigenvalue weighted by Gasteiger charge is -1.98. The van der Waals surface area contributed by atoms with Gasteiger partial charge < -0.3 is 9.15 Å². The van der Waals surface area contributed by atoms with E-state index in [1.54, 1.807) is 31.2 Å². The van der Waals surface area contributed by atoms with Crippen molar-refractivity contribution in [2.24, 2.45) is 0 Å². The first-order valence-electron chi connectivity index (χ1n) is 5.57. The van der Waals surface area contributed by atoms with Crippen LogP contribution in [-0.2, 0) is 9.53 Å². The van der Waals surface area contributed by atoms with Crippen LogP contribution in [0.25, 0.3) is 17.0 Å². The van der Waals surface area contributed by atoms with Gasteiger partial charge in [0.2, 0.25) is 0 Å². The molecule has 0 saturated carbocycles. The Balaban J connectivity index is 2.33. The summed E-state index contributed by atoms with van der Waals surface area (Å²) in [5.74, 6) is -0.405. The highest BCUT2D eigenvalue weighted by Crippen LogP contribution is 2.13. The molecule has 0 radical (unpaired) electrons. The summed E-state index contributed by atoms with van der Waals surface area (Å²) in [5.41, 5.74) is 1.16. The van der Waals surface area contributed by atoms with E-state index in [-0.39, 0.29) is 5.43 Å². The topological polar surface area (TPSA) is 56.5 Å². The first kappa shape index (κ1) is 12.1. The van der Waals surface area contributed by atoms with E-state index in [4.69, 9.17) is 9.15 Å². The van der Waals surface area contributed by atoms with Crippen molar-refractivity contribution in [3.63, 3.8) is 0 Å². The fourth-order valence-electron chi connectivity index (χ4n) is 1.56. The Morgan fingerprint density at radius 1 is 1.39 bits per heavy atom. The first-order chi connectivity index (χ1) is 8.70. The zero-order valence-corrected chi connectivity index (χ0v) is 9.88. The van der Waals surface area contributed by atoms with Crippen LogP contribution in [0.2, 0.25) is 0 Å². The lowest BCUT2D eigenvalue weighted by Crippen LogP contribution is -1.99. The monoisotopic (exact) mass is 244 g/mol. The number of rotatable bonds is 3. The number of carbonyl (C=O) groups excluding carboxylic acids is 1. The molecule has 0 amide bonds. The Morgan fingerprint density at radius 2 is 2.22 bits per heavy atom. The number of hydrogen-bond donors (Lipinski definition) is 0. The summed E-state index contributed by atoms with van der Waals surface area (Å²) >= 11 is 0. The van der Waals surface area contributed by atoms with Gasteiger partial charge in [-0.2, -0.15) is 0 Å². The quantitative estimate of drug-likeness (QED) is 0.614. The summed E-state index contributed by atoms with van der Waals surface area (Å²) in [6, 6.07) is 6.50. The van der Waals surface area contributed by atoms with Crippen LogP contribution >= 0.6 is 0 Å². The third kappa shape index (κ3) is 2.66. The van der Waals surface area contributed by atoms with Gasteiger partial charge in [0.25, 0.3) is 0 Å². The highest BCUT2D eigenvalue weighted by molar-refractivity contribution is 5.88. The predicted molar refractivity (Wildman–Crippen MR) is 68.2 cm³/mol. The molecule has 0 aliphatic carbocycles. The van der Waals surface area contributed by atoms with Crippen molar-refractivity contribution >= 4 is 23.0 Å². The minimum atomic E-state index is -0.405. The Labute approximate surface area is 103 Å². The predicted octanol–water partition coefficient (Wildman–Crippen LogP) is 2.37. The van der Waals surface area contributed by atoms with E-state index in [9.17, 15) is 9.59 Å². The van der Waals surface area contributed by atoms with Gasteiger partial charge in [-0.1, -0.05) is 6.07 Å². The van der Waals surface area contributed by atoms with E-state index < -0.39 is 5.97 Å². The van der Waals surface area contributed by atoms with Crippen LogP contribution in [0.5, 0.6) is 0 Å². The van der Waals surface area contributed by atoms with Gasteiger partial charge in [-0.3, -0.25) is 4.79 Å². The Kier molecular flexibility index (Phi) is 3.57. The Hall–Kier alpha value is -2.36. The summed E-state index contributed by atoms with van der Waals surface area (Å²) in [5, 5.41) is 0.489. The summed E-state index contributed by atoms with van der Waals surface area (Å²) < 4.78 is 9.96. The van der Waals surface area contributed by atoms with E-state index in [0.29, 0.717) is 17.6 Å². The largest absolute Gasteiger partial charge is 0.464 e. The minimum absolute atomic E-state index is 0.109. The number of hydrogen-bond acceptors (Lipinski definition) is 4. The molecule has 4 nitrogen and oxygen atoms in total. The second-order valence-corrected chi connectivity index (χ2v) is 3.63. The summed E-state index contributed by atoms with van der Waals surface area (Å²) in [4.78, 5) is 22.8. The second kappa shape index (κ2) is 5.31. The van der Waals surface area contributed by atoms with Crippen LogP contribution in [0.15, 0.2) is 45.8 Å². The molecule has 0 bridgehead atoms. The van der Waals surface area contributed by atoms with Crippen molar-refractivity contribution in [1.29, 1.82) is 0 Å². The number of fused-ring (bicyclic) bond motifs is 1. The van der Waals surface area contributed by atoms with Gasteiger partial charge in [0, 0.05) is 12.1 Å². The molecule has 2 rings (SSSR count). The molecule has 92 valence electrons. The highest BCUT2D eigenvalue weighted by atomic mass is 16.5. The maximum Gasteiger partial charge on any atom is 0.330 e. The molecule has 0 atom stereocenters. The zero-order chi connectivity index (χ0) is 13.0. The van der Waals surface area contributed by atoms with Gasteiger partial charge in [0.05, 0.1) is 18.3 Å². The van der Waals surface area contributed by atoms with E-state index in [2.05, 4.69) is 0 Å². The van der Waals surface area contributed by atoms with E-state index in [0.717, 1.165) is 5.56 Å². The summed E-state index contributed by atoms with van der Waals surface area (Å²) in [7, 11) is 0. The van der Waals surface area contributed by atoms with Crippen LogP contribution in [-0.4, -0.2) is 12.6 Å². The Morgan fingerprint density at radius 3 is 3.00 bits per heavy atom. The Bertz CT molecular complexity index is 652. The van der Waals surface area contributed by atoms with Crippen molar-refractivity contribution < 1.29 is 13.9 Å². The smallest absolute Gasteiger partial charge is 0.330 e. The number of ether oxygens (including phenoxy) is 1. The van der Waals surface area contributed by atoms with Crippen LogP contribution in [0.4, 0.5) is 0 Å². The average Bonchev–Trinajstić information content (AvgIpc) is 2.37. The van der Waals surface area contributed by atoms with Crippen LogP contribution in [0.1, 0.15) is 12.5 Å². The summed E-state index contributed by atoms with van der Waals surface area (Å²) in [6.07, 6.45) is 4.29. The SMILES string of the molecule is CCOC(=O)C=Cc1ccc2occc(=O)c2c1. The van der Waals surface area contributed by atoms with Gasteiger partial charge in [-0.05, 0) is 30.7 Å². The second-order valence-electron chi connectivity index (χ2n) is 3.63. The molecule has 0 aliphatic heterocycles. The van der Waals surface area contributed by atoms with Crippen molar-refractivity contribution in [3.8, 4) is 0 Å². The van der Waals surface area contributed by atoms with Gasteiger partial charge >= 0.3 is 5.97 Å². The molecule has 1 aromatic heterocycles. The molecule has 4 heteroatoms. The number of esters is 1. The van der Waals surface area contributed by atoms with Gasteiger partial charge in [-0.25, -0.2) is 4.79 Å². The number of benzene rings is 1. The van der Waals surface area contributed by atoms with Gasteiger partial charge in [0.1, 0.15) is 5.58 Å². The van der Waals surface area contributed by atoms with E-state index >= 15 is 0 Å². The van der Waals surface area contributed by atoms with Crippen molar-refractivity contribution in [2.75, 3.05) is 6.61 Å². The van der Waals surface area contributed by atoms with E-state index in [1.807, 2.05) is 0 Å². The molecule has 0 saturated heterocycles. The third-order valence-electron chi connectivity index (χ3n) is 2.38. The molecule has 0 aliphatic rings. The molecular formula is C14H12O4. The molecule has 18 heavy (non-hydrogen) atoms. The normalized spacial score (nSPS) is 10.9. The van der Waals surface area contributed by atoms with Crippen LogP contribution in [0.3, 0.4) is 0 Å². The van der Waals surface area contributed by atoms with E-state index in [1.165, 1.54) is 18.4 Å². The molecule has 2 aromatic rings. The highest BCUT2D eigenvalue weighted by Gasteiger charge is 2.00. The molecule has 1 aromatic carbocycles. The molecule has 0 fully saturated rings. The fraction of sp³-hybridized carbons (Fsp3) is 0.143. The first-order valence-corrected chi connectivity index (χ1v) is 5.57. The lowest BCUT2D eigenvalue weighted by atomic mass is 10.1. The molecule has 0 unspecified atom stereocenters. The standard InChI is InChI=1S/C14H12O4/c1-2-17-14(16)6-4-10-3-5-13-11(9-10)12(15)7-8-18-13/h3-9H,2H2,1H3. The van der Waals surface area contributed by atoms with Crippen LogP contribution < -0.4 is 5.43 Å². The molecular weight excluding hydrogens is 232 g/mol. The fourth-order valence-corrected chi connectivity index (χ4v) is 1.56. The molecule has 0 N–H and O–H groups in total. The lowest BCUT2D eigenvalue weighted by molar-refractivity contribution is -0.137. The van der Waals surface area contributed by atoms with Crippen molar-refractivity contribution in [2.45, 2.75) is 6.92 Å². The zero-order valence-electron chi connectivity index (χ0n) is 9.88. The van der Waals surface area contributed by atoms with Crippen LogP contribution in [0, 0.1) is 0 Å². The van der Waals surface area contributed by atoms with Crippen molar-refractivity contribution in [1.82, 2.24) is 0 Å². The number of carbonyl (C=O) groups is 1. The molecule has 0 spiro atoms. The molecule has 1 heterocycles. The van der Waals surface area contributed by atoms with Gasteiger partial charge in [-0.15, -0.1) is 0 Å². The van der Waals surface area contributed by atoms with Crippen molar-refractivity contribution in [3.05, 3.63) is 52.4 Å². The maximum atomic E-state index is 11.6. The average molecular weight is 244 g/mol. The summed E-state index contributed by atoms with van der Waals surface area (Å²) in [6.45, 7) is 2.08.